The number of benzene rings is 3. The van der Waals surface area contributed by atoms with E-state index in [1.54, 1.807) is 0 Å². The Morgan fingerprint density at radius 3 is 1.64 bits per heavy atom. The van der Waals surface area contributed by atoms with Crippen LogP contribution in [0.3, 0.4) is 0 Å². The van der Waals surface area contributed by atoms with Crippen LogP contribution in [0.4, 0.5) is 5.69 Å². The monoisotopic (exact) mass is 1220 g/mol. The SMILES string of the molecule is O=C(OCCN(CCOC(=O)c1cc(I)cc(I)c1I)c1cccc(Br)c1)c1cc(I)cc(I)c1I. The van der Waals surface area contributed by atoms with Crippen LogP contribution >= 0.6 is 151 Å². The number of hydrogen-bond donors (Lipinski definition) is 0. The van der Waals surface area contributed by atoms with E-state index in [9.17, 15) is 9.59 Å². The first-order chi connectivity index (χ1) is 17.1. The van der Waals surface area contributed by atoms with Crippen molar-refractivity contribution >= 4 is 169 Å². The largest absolute Gasteiger partial charge is 0.460 e. The van der Waals surface area contributed by atoms with Crippen molar-refractivity contribution in [2.75, 3.05) is 31.2 Å². The maximum atomic E-state index is 12.8. The highest BCUT2D eigenvalue weighted by Crippen LogP contribution is 2.25. The zero-order valence-corrected chi connectivity index (χ0v) is 32.7. The third-order valence-corrected chi connectivity index (χ3v) is 12.6. The van der Waals surface area contributed by atoms with E-state index < -0.39 is 0 Å². The third-order valence-electron chi connectivity index (χ3n) is 4.79. The molecule has 0 spiro atoms. The Morgan fingerprint density at radius 2 is 1.19 bits per heavy atom. The number of hydrogen-bond acceptors (Lipinski definition) is 5. The van der Waals surface area contributed by atoms with Crippen molar-refractivity contribution in [1.82, 2.24) is 0 Å². The lowest BCUT2D eigenvalue weighted by molar-refractivity contribution is 0.0502. The van der Waals surface area contributed by atoms with Crippen molar-refractivity contribution in [2.24, 2.45) is 0 Å². The molecule has 0 bridgehead atoms. The van der Waals surface area contributed by atoms with Gasteiger partial charge in [0.05, 0.1) is 24.2 Å². The van der Waals surface area contributed by atoms with Crippen molar-refractivity contribution in [3.05, 3.63) is 85.6 Å². The molecule has 36 heavy (non-hydrogen) atoms. The predicted octanol–water partition coefficient (Wildman–Crippen LogP) is 8.60. The molecule has 5 nitrogen and oxygen atoms in total. The summed E-state index contributed by atoms with van der Waals surface area (Å²) < 4.78 is 18.0. The standard InChI is InChI=1S/C24H16BrI6NO4/c25-13-2-1-3-16(8-13)32(4-6-35-23(33)17-9-14(26)11-19(28)21(17)30)5-7-36-24(34)18-10-15(27)12-20(29)22(18)31/h1-3,8-12H,4-7H2. The van der Waals surface area contributed by atoms with Gasteiger partial charge in [-0.05, 0) is 178 Å². The van der Waals surface area contributed by atoms with E-state index in [1.165, 1.54) is 0 Å². The Morgan fingerprint density at radius 1 is 0.722 bits per heavy atom. The Hall–Kier alpha value is 1.26. The second-order valence-electron chi connectivity index (χ2n) is 7.24. The van der Waals surface area contributed by atoms with Gasteiger partial charge in [-0.3, -0.25) is 0 Å². The quantitative estimate of drug-likeness (QED) is 0.122. The Kier molecular flexibility index (Phi) is 13.5. The topological polar surface area (TPSA) is 55.8 Å². The fourth-order valence-corrected chi connectivity index (χ4v) is 8.24. The molecular formula is C24H16BrI6NO4. The van der Waals surface area contributed by atoms with Gasteiger partial charge < -0.3 is 14.4 Å². The normalized spacial score (nSPS) is 10.8. The highest BCUT2D eigenvalue weighted by molar-refractivity contribution is 14.1. The Balaban J connectivity index is 1.65. The summed E-state index contributed by atoms with van der Waals surface area (Å²) >= 11 is 16.7. The Labute approximate surface area is 299 Å². The lowest BCUT2D eigenvalue weighted by atomic mass is 10.2. The zero-order chi connectivity index (χ0) is 26.4. The zero-order valence-electron chi connectivity index (χ0n) is 18.2. The lowest BCUT2D eigenvalue weighted by Gasteiger charge is -2.25. The summed E-state index contributed by atoms with van der Waals surface area (Å²) in [7, 11) is 0. The molecule has 0 saturated heterocycles. The second-order valence-corrected chi connectivity index (χ2v) is 15.1. The average molecular weight is 1220 g/mol. The van der Waals surface area contributed by atoms with Crippen LogP contribution in [0.2, 0.25) is 0 Å². The van der Waals surface area contributed by atoms with Crippen molar-refractivity contribution in [3.63, 3.8) is 0 Å². The second kappa shape index (κ2) is 15.3. The van der Waals surface area contributed by atoms with Gasteiger partial charge in [-0.2, -0.15) is 0 Å². The first kappa shape index (κ1) is 31.8. The molecule has 3 aromatic rings. The van der Waals surface area contributed by atoms with Gasteiger partial charge in [0.2, 0.25) is 0 Å². The van der Waals surface area contributed by atoms with Crippen molar-refractivity contribution < 1.29 is 19.1 Å². The van der Waals surface area contributed by atoms with E-state index in [0.717, 1.165) is 31.6 Å². The van der Waals surface area contributed by atoms with Crippen LogP contribution in [0, 0.1) is 21.4 Å². The number of carbonyl (C=O) groups excluding carboxylic acids is 2. The smallest absolute Gasteiger partial charge is 0.339 e. The summed E-state index contributed by atoms with van der Waals surface area (Å²) in [6.45, 7) is 1.31. The van der Waals surface area contributed by atoms with Crippen LogP contribution in [0.1, 0.15) is 20.7 Å². The molecule has 3 rings (SSSR count). The highest BCUT2D eigenvalue weighted by atomic mass is 127. The molecule has 0 saturated carbocycles. The summed E-state index contributed by atoms with van der Waals surface area (Å²) in [5.41, 5.74) is 2.07. The summed E-state index contributed by atoms with van der Waals surface area (Å²) in [4.78, 5) is 27.6. The van der Waals surface area contributed by atoms with E-state index in [1.807, 2.05) is 53.4 Å². The Bertz CT molecular complexity index is 1210. The third kappa shape index (κ3) is 9.15. The summed E-state index contributed by atoms with van der Waals surface area (Å²) in [6.07, 6.45) is 0. The van der Waals surface area contributed by atoms with E-state index in [0.29, 0.717) is 24.2 Å². The van der Waals surface area contributed by atoms with Gasteiger partial charge >= 0.3 is 11.9 Å². The van der Waals surface area contributed by atoms with Gasteiger partial charge in [-0.1, -0.05) is 22.0 Å². The van der Waals surface area contributed by atoms with Crippen LogP contribution in [-0.2, 0) is 9.47 Å². The van der Waals surface area contributed by atoms with Crippen LogP contribution < -0.4 is 4.90 Å². The summed E-state index contributed by atoms with van der Waals surface area (Å²) in [5.74, 6) is -0.696. The first-order valence-electron chi connectivity index (χ1n) is 10.2. The van der Waals surface area contributed by atoms with Gasteiger partial charge in [0.25, 0.3) is 0 Å². The minimum absolute atomic E-state index is 0.199. The molecule has 0 heterocycles. The van der Waals surface area contributed by atoms with Crippen LogP contribution in [0.15, 0.2) is 53.0 Å². The summed E-state index contributed by atoms with van der Waals surface area (Å²) in [5, 5.41) is 0. The fourth-order valence-electron chi connectivity index (χ4n) is 3.10. The molecular weight excluding hydrogens is 1210 g/mol. The van der Waals surface area contributed by atoms with Crippen LogP contribution in [0.25, 0.3) is 0 Å². The number of nitrogens with zero attached hydrogens (tertiary/aromatic N) is 1. The first-order valence-corrected chi connectivity index (χ1v) is 17.5. The molecule has 0 fully saturated rings. The molecule has 0 N–H and O–H groups in total. The van der Waals surface area contributed by atoms with Gasteiger partial charge in [-0.25, -0.2) is 9.59 Å². The number of halogens is 7. The number of ether oxygens (including phenoxy) is 2. The van der Waals surface area contributed by atoms with Gasteiger partial charge in [-0.15, -0.1) is 0 Å². The molecule has 3 aromatic carbocycles. The van der Waals surface area contributed by atoms with E-state index >= 15 is 0 Å². The molecule has 0 atom stereocenters. The molecule has 190 valence electrons. The molecule has 12 heteroatoms. The molecule has 0 amide bonds. The van der Waals surface area contributed by atoms with Crippen LogP contribution in [0.5, 0.6) is 0 Å². The predicted molar refractivity (Wildman–Crippen MR) is 196 cm³/mol. The average Bonchev–Trinajstić information content (AvgIpc) is 2.82. The molecule has 0 radical (unpaired) electrons. The van der Waals surface area contributed by atoms with E-state index in [4.69, 9.17) is 9.47 Å². The molecule has 0 unspecified atom stereocenters. The minimum atomic E-state index is -0.348. The lowest BCUT2D eigenvalue weighted by Crippen LogP contribution is -2.32. The van der Waals surface area contributed by atoms with Crippen molar-refractivity contribution in [3.8, 4) is 0 Å². The van der Waals surface area contributed by atoms with E-state index in [2.05, 4.69) is 151 Å². The van der Waals surface area contributed by atoms with Crippen molar-refractivity contribution in [1.29, 1.82) is 0 Å². The van der Waals surface area contributed by atoms with Gasteiger partial charge in [0.15, 0.2) is 0 Å². The molecule has 0 aliphatic heterocycles. The number of carbonyl (C=O) groups is 2. The number of anilines is 1. The maximum Gasteiger partial charge on any atom is 0.339 e. The maximum absolute atomic E-state index is 12.8. The van der Waals surface area contributed by atoms with Gasteiger partial charge in [0.1, 0.15) is 13.2 Å². The summed E-state index contributed by atoms with van der Waals surface area (Å²) in [6, 6.07) is 15.6. The fraction of sp³-hybridized carbons (Fsp3) is 0.167. The highest BCUT2D eigenvalue weighted by Gasteiger charge is 2.18. The molecule has 0 aromatic heterocycles. The van der Waals surface area contributed by atoms with E-state index in [-0.39, 0.29) is 25.2 Å². The number of rotatable bonds is 9. The minimum Gasteiger partial charge on any atom is -0.460 e. The number of esters is 2. The van der Waals surface area contributed by atoms with Gasteiger partial charge in [0, 0.05) is 31.6 Å². The molecule has 0 aliphatic rings. The van der Waals surface area contributed by atoms with Crippen molar-refractivity contribution in [2.45, 2.75) is 0 Å². The van der Waals surface area contributed by atoms with Crippen LogP contribution in [-0.4, -0.2) is 38.2 Å². The molecule has 0 aliphatic carbocycles.